The highest BCUT2D eigenvalue weighted by atomic mass is 16.2. The normalized spacial score (nSPS) is 14.0. The molecule has 3 rings (SSSR count). The average Bonchev–Trinajstić information content (AvgIpc) is 3.16. The molecule has 0 spiro atoms. The van der Waals surface area contributed by atoms with Crippen LogP contribution < -0.4 is 10.6 Å². The van der Waals surface area contributed by atoms with Crippen molar-refractivity contribution >= 4 is 28.7 Å². The fraction of sp³-hybridized carbons (Fsp3) is 0.350. The molecule has 0 saturated carbocycles. The van der Waals surface area contributed by atoms with Crippen LogP contribution in [0.5, 0.6) is 0 Å². The van der Waals surface area contributed by atoms with Crippen molar-refractivity contribution in [3.63, 3.8) is 0 Å². The van der Waals surface area contributed by atoms with Crippen LogP contribution in [0.2, 0.25) is 0 Å². The fourth-order valence-electron chi connectivity index (χ4n) is 3.14. The van der Waals surface area contributed by atoms with Crippen LogP contribution in [-0.4, -0.2) is 71.9 Å². The number of para-hydroxylation sites is 1. The molecular weight excluding hydrogens is 358 g/mol. The van der Waals surface area contributed by atoms with Crippen molar-refractivity contribution in [1.29, 1.82) is 0 Å². The van der Waals surface area contributed by atoms with Crippen molar-refractivity contribution in [1.82, 2.24) is 25.4 Å². The number of piperazine rings is 1. The van der Waals surface area contributed by atoms with Gasteiger partial charge in [0.25, 0.3) is 5.91 Å². The highest BCUT2D eigenvalue weighted by Crippen LogP contribution is 2.16. The zero-order chi connectivity index (χ0) is 19.9. The van der Waals surface area contributed by atoms with E-state index in [-0.39, 0.29) is 30.8 Å². The van der Waals surface area contributed by atoms with Gasteiger partial charge < -0.3 is 25.4 Å². The number of amides is 4. The standard InChI is InChI=1S/C20H25N5O3/c1-2-8-21-18(26)7-9-22-20(28)25-12-10-24(11-13-25)19(27)17-14-15-5-3-4-6-16(15)23-17/h2-6,14,23H,1,7-13H2,(H,21,26)(H,22,28). The van der Waals surface area contributed by atoms with Crippen molar-refractivity contribution < 1.29 is 14.4 Å². The van der Waals surface area contributed by atoms with Crippen molar-refractivity contribution in [3.8, 4) is 0 Å². The number of rotatable bonds is 6. The first-order valence-corrected chi connectivity index (χ1v) is 9.36. The number of benzene rings is 1. The SMILES string of the molecule is C=CCNC(=O)CCNC(=O)N1CCN(C(=O)c2cc3ccccc3[nH]2)CC1. The molecule has 1 fully saturated rings. The number of H-pyrrole nitrogens is 1. The van der Waals surface area contributed by atoms with Crippen LogP contribution in [0.4, 0.5) is 4.79 Å². The maximum atomic E-state index is 12.7. The van der Waals surface area contributed by atoms with E-state index in [0.717, 1.165) is 10.9 Å². The largest absolute Gasteiger partial charge is 0.353 e. The lowest BCUT2D eigenvalue weighted by Crippen LogP contribution is -2.53. The van der Waals surface area contributed by atoms with Gasteiger partial charge in [-0.15, -0.1) is 6.58 Å². The predicted molar refractivity (Wildman–Crippen MR) is 107 cm³/mol. The number of urea groups is 1. The quantitative estimate of drug-likeness (QED) is 0.657. The lowest BCUT2D eigenvalue weighted by Gasteiger charge is -2.34. The molecule has 28 heavy (non-hydrogen) atoms. The molecule has 2 heterocycles. The number of carbonyl (C=O) groups excluding carboxylic acids is 3. The molecule has 1 saturated heterocycles. The Morgan fingerprint density at radius 3 is 2.50 bits per heavy atom. The summed E-state index contributed by atoms with van der Waals surface area (Å²) in [6.45, 7) is 6.08. The molecule has 1 aliphatic rings. The Morgan fingerprint density at radius 2 is 1.79 bits per heavy atom. The van der Waals surface area contributed by atoms with Crippen molar-refractivity contribution in [2.75, 3.05) is 39.3 Å². The van der Waals surface area contributed by atoms with Crippen LogP contribution in [0.3, 0.4) is 0 Å². The summed E-state index contributed by atoms with van der Waals surface area (Å²) in [6.07, 6.45) is 1.82. The van der Waals surface area contributed by atoms with Crippen LogP contribution >= 0.6 is 0 Å². The molecule has 0 radical (unpaired) electrons. The lowest BCUT2D eigenvalue weighted by molar-refractivity contribution is -0.120. The number of nitrogens with zero attached hydrogens (tertiary/aromatic N) is 2. The first-order chi connectivity index (χ1) is 13.6. The molecule has 0 aliphatic carbocycles. The van der Waals surface area contributed by atoms with E-state index in [4.69, 9.17) is 0 Å². The first-order valence-electron chi connectivity index (χ1n) is 9.36. The molecule has 2 aromatic rings. The van der Waals surface area contributed by atoms with Crippen molar-refractivity contribution in [2.24, 2.45) is 0 Å². The minimum Gasteiger partial charge on any atom is -0.353 e. The Balaban J connectivity index is 1.44. The third-order valence-corrected chi connectivity index (χ3v) is 4.69. The zero-order valence-electron chi connectivity index (χ0n) is 15.7. The molecule has 4 amide bonds. The van der Waals surface area contributed by atoms with Crippen molar-refractivity contribution in [3.05, 3.63) is 48.7 Å². The van der Waals surface area contributed by atoms with Gasteiger partial charge in [-0.05, 0) is 12.1 Å². The molecule has 8 nitrogen and oxygen atoms in total. The van der Waals surface area contributed by atoms with E-state index in [1.165, 1.54) is 0 Å². The van der Waals surface area contributed by atoms with Gasteiger partial charge in [-0.3, -0.25) is 9.59 Å². The third kappa shape index (κ3) is 4.70. The van der Waals surface area contributed by atoms with E-state index >= 15 is 0 Å². The summed E-state index contributed by atoms with van der Waals surface area (Å²) in [7, 11) is 0. The highest BCUT2D eigenvalue weighted by molar-refractivity contribution is 5.98. The maximum Gasteiger partial charge on any atom is 0.317 e. The number of carbonyl (C=O) groups is 3. The molecule has 1 aromatic heterocycles. The first kappa shape index (κ1) is 19.5. The minimum atomic E-state index is -0.214. The van der Waals surface area contributed by atoms with Crippen LogP contribution in [0, 0.1) is 0 Å². The molecule has 0 atom stereocenters. The van der Waals surface area contributed by atoms with Gasteiger partial charge in [0.05, 0.1) is 0 Å². The highest BCUT2D eigenvalue weighted by Gasteiger charge is 2.25. The molecule has 8 heteroatoms. The van der Waals surface area contributed by atoms with Gasteiger partial charge >= 0.3 is 6.03 Å². The topological polar surface area (TPSA) is 97.5 Å². The number of aromatic nitrogens is 1. The number of nitrogens with one attached hydrogen (secondary N) is 3. The summed E-state index contributed by atoms with van der Waals surface area (Å²) in [6, 6.07) is 9.40. The fourth-order valence-corrected chi connectivity index (χ4v) is 3.14. The molecule has 0 bridgehead atoms. The Bertz CT molecular complexity index is 835. The van der Waals surface area contributed by atoms with E-state index < -0.39 is 0 Å². The van der Waals surface area contributed by atoms with Gasteiger partial charge in [0, 0.05) is 56.6 Å². The van der Waals surface area contributed by atoms with Gasteiger partial charge in [0.1, 0.15) is 5.69 Å². The van der Waals surface area contributed by atoms with E-state index in [2.05, 4.69) is 22.2 Å². The monoisotopic (exact) mass is 383 g/mol. The number of fused-ring (bicyclic) bond motifs is 1. The van der Waals surface area contributed by atoms with E-state index in [9.17, 15) is 14.4 Å². The van der Waals surface area contributed by atoms with Gasteiger partial charge in [0.2, 0.25) is 5.91 Å². The van der Waals surface area contributed by atoms with Crippen LogP contribution in [-0.2, 0) is 4.79 Å². The van der Waals surface area contributed by atoms with Gasteiger partial charge in [-0.1, -0.05) is 24.3 Å². The Morgan fingerprint density at radius 1 is 1.07 bits per heavy atom. The van der Waals surface area contributed by atoms with E-state index in [0.29, 0.717) is 38.4 Å². The zero-order valence-corrected chi connectivity index (χ0v) is 15.7. The number of hydrogen-bond donors (Lipinski definition) is 3. The molecule has 1 aromatic carbocycles. The summed E-state index contributed by atoms with van der Waals surface area (Å²) in [5.41, 5.74) is 1.49. The summed E-state index contributed by atoms with van der Waals surface area (Å²) >= 11 is 0. The van der Waals surface area contributed by atoms with E-state index in [1.54, 1.807) is 15.9 Å². The predicted octanol–water partition coefficient (Wildman–Crippen LogP) is 1.33. The summed E-state index contributed by atoms with van der Waals surface area (Å²) in [4.78, 5) is 43.0. The Kier molecular flexibility index (Phi) is 6.31. The molecule has 3 N–H and O–H groups in total. The summed E-state index contributed by atoms with van der Waals surface area (Å²) < 4.78 is 0. The van der Waals surface area contributed by atoms with Crippen LogP contribution in [0.15, 0.2) is 43.0 Å². The molecule has 148 valence electrons. The number of aromatic amines is 1. The van der Waals surface area contributed by atoms with Crippen LogP contribution in [0.1, 0.15) is 16.9 Å². The molecule has 0 unspecified atom stereocenters. The molecule has 1 aliphatic heterocycles. The van der Waals surface area contributed by atoms with Crippen LogP contribution in [0.25, 0.3) is 10.9 Å². The molecular formula is C20H25N5O3. The lowest BCUT2D eigenvalue weighted by atomic mass is 10.2. The second kappa shape index (κ2) is 9.07. The smallest absolute Gasteiger partial charge is 0.317 e. The summed E-state index contributed by atoms with van der Waals surface area (Å²) in [5.74, 6) is -0.191. The van der Waals surface area contributed by atoms with Gasteiger partial charge in [0.15, 0.2) is 0 Å². The summed E-state index contributed by atoms with van der Waals surface area (Å²) in [5, 5.41) is 6.40. The Labute approximate surface area is 163 Å². The second-order valence-corrected chi connectivity index (χ2v) is 6.62. The number of hydrogen-bond acceptors (Lipinski definition) is 3. The van der Waals surface area contributed by atoms with Gasteiger partial charge in [-0.2, -0.15) is 0 Å². The van der Waals surface area contributed by atoms with E-state index in [1.807, 2.05) is 30.3 Å². The minimum absolute atomic E-state index is 0.0600. The average molecular weight is 383 g/mol. The second-order valence-electron chi connectivity index (χ2n) is 6.62. The Hall–Kier alpha value is -3.29. The third-order valence-electron chi connectivity index (χ3n) is 4.69. The maximum absolute atomic E-state index is 12.7. The van der Waals surface area contributed by atoms with Crippen molar-refractivity contribution in [2.45, 2.75) is 6.42 Å². The van der Waals surface area contributed by atoms with Gasteiger partial charge in [-0.25, -0.2) is 4.79 Å².